The fraction of sp³-hybridized carbons (Fsp3) is 0.438. The van der Waals surface area contributed by atoms with Crippen LogP contribution in [-0.2, 0) is 19.1 Å². The number of esters is 1. The van der Waals surface area contributed by atoms with Crippen LogP contribution in [0.1, 0.15) is 33.6 Å². The lowest BCUT2D eigenvalue weighted by Gasteiger charge is -2.11. The van der Waals surface area contributed by atoms with Gasteiger partial charge in [-0.15, -0.1) is 0 Å². The van der Waals surface area contributed by atoms with Gasteiger partial charge in [0.2, 0.25) is 5.91 Å². The molecule has 0 spiro atoms. The summed E-state index contributed by atoms with van der Waals surface area (Å²) in [6, 6.07) is 6.66. The van der Waals surface area contributed by atoms with Crippen molar-refractivity contribution in [2.45, 2.75) is 33.6 Å². The molecule has 0 fully saturated rings. The highest BCUT2D eigenvalue weighted by Gasteiger charge is 2.14. The Morgan fingerprint density at radius 1 is 1.09 bits per heavy atom. The van der Waals surface area contributed by atoms with Crippen molar-refractivity contribution in [2.75, 3.05) is 17.2 Å². The lowest BCUT2D eigenvalue weighted by molar-refractivity contribution is -0.151. The molecule has 1 unspecified atom stereocenters. The second-order valence-corrected chi connectivity index (χ2v) is 5.10. The van der Waals surface area contributed by atoms with Gasteiger partial charge in [-0.3, -0.25) is 14.4 Å². The molecule has 0 aliphatic heterocycles. The molecule has 0 saturated heterocycles. The third-order valence-electron chi connectivity index (χ3n) is 2.96. The Bertz CT molecular complexity index is 525. The van der Waals surface area contributed by atoms with Crippen molar-refractivity contribution in [2.24, 2.45) is 5.92 Å². The van der Waals surface area contributed by atoms with Gasteiger partial charge in [0.05, 0.1) is 5.92 Å². The Kier molecular flexibility index (Phi) is 7.08. The molecule has 120 valence electrons. The monoisotopic (exact) mass is 306 g/mol. The quantitative estimate of drug-likeness (QED) is 0.758. The third-order valence-corrected chi connectivity index (χ3v) is 2.96. The van der Waals surface area contributed by atoms with Crippen molar-refractivity contribution in [3.05, 3.63) is 24.3 Å². The first-order chi connectivity index (χ1) is 10.4. The number of carbonyl (C=O) groups is 3. The number of hydrogen-bond donors (Lipinski definition) is 2. The summed E-state index contributed by atoms with van der Waals surface area (Å²) in [5.74, 6) is -1.12. The molecule has 0 bridgehead atoms. The van der Waals surface area contributed by atoms with Crippen LogP contribution in [0.5, 0.6) is 0 Å². The Morgan fingerprint density at radius 2 is 1.64 bits per heavy atom. The average Bonchev–Trinajstić information content (AvgIpc) is 2.46. The molecule has 0 radical (unpaired) electrons. The van der Waals surface area contributed by atoms with E-state index >= 15 is 0 Å². The fourth-order valence-electron chi connectivity index (χ4n) is 1.87. The van der Waals surface area contributed by atoms with Gasteiger partial charge in [-0.2, -0.15) is 0 Å². The van der Waals surface area contributed by atoms with Crippen LogP contribution < -0.4 is 10.6 Å². The fourth-order valence-corrected chi connectivity index (χ4v) is 1.87. The predicted octanol–water partition coefficient (Wildman–Crippen LogP) is 2.56. The summed E-state index contributed by atoms with van der Waals surface area (Å²) in [5.41, 5.74) is 1.21. The maximum Gasteiger partial charge on any atom is 0.309 e. The predicted molar refractivity (Wildman–Crippen MR) is 84.4 cm³/mol. The molecule has 1 atom stereocenters. The van der Waals surface area contributed by atoms with Crippen LogP contribution in [0.25, 0.3) is 0 Å². The van der Waals surface area contributed by atoms with E-state index in [1.807, 2.05) is 6.92 Å². The Labute approximate surface area is 130 Å². The minimum atomic E-state index is -0.399. The Balaban J connectivity index is 2.41. The maximum absolute atomic E-state index is 11.7. The molecule has 0 aliphatic carbocycles. The van der Waals surface area contributed by atoms with Gasteiger partial charge >= 0.3 is 5.97 Å². The number of amides is 2. The summed E-state index contributed by atoms with van der Waals surface area (Å²) in [5, 5.41) is 5.25. The number of hydrogen-bond acceptors (Lipinski definition) is 4. The van der Waals surface area contributed by atoms with E-state index in [2.05, 4.69) is 10.6 Å². The van der Waals surface area contributed by atoms with E-state index in [4.69, 9.17) is 4.74 Å². The summed E-state index contributed by atoms with van der Waals surface area (Å²) in [6.45, 7) is 4.88. The van der Waals surface area contributed by atoms with Crippen LogP contribution in [0.4, 0.5) is 11.4 Å². The molecule has 1 aromatic carbocycles. The van der Waals surface area contributed by atoms with Gasteiger partial charge in [0.1, 0.15) is 0 Å². The summed E-state index contributed by atoms with van der Waals surface area (Å²) in [6.07, 6.45) is 1.63. The molecule has 2 N–H and O–H groups in total. The molecule has 0 aromatic heterocycles. The minimum absolute atomic E-state index is 0.162. The van der Waals surface area contributed by atoms with Gasteiger partial charge < -0.3 is 15.4 Å². The second-order valence-electron chi connectivity index (χ2n) is 5.10. The SMILES string of the molecule is CCCC(C)C(=O)OCC(=O)Nc1ccc(NC(C)=O)cc1. The van der Waals surface area contributed by atoms with Gasteiger partial charge in [0, 0.05) is 18.3 Å². The van der Waals surface area contributed by atoms with E-state index in [1.54, 1.807) is 31.2 Å². The van der Waals surface area contributed by atoms with Crippen LogP contribution in [0.2, 0.25) is 0 Å². The van der Waals surface area contributed by atoms with E-state index in [0.29, 0.717) is 11.4 Å². The van der Waals surface area contributed by atoms with Crippen LogP contribution >= 0.6 is 0 Å². The largest absolute Gasteiger partial charge is 0.455 e. The molecule has 0 heterocycles. The maximum atomic E-state index is 11.7. The molecule has 6 nitrogen and oxygen atoms in total. The van der Waals surface area contributed by atoms with Gasteiger partial charge in [0.25, 0.3) is 5.91 Å². The van der Waals surface area contributed by atoms with E-state index < -0.39 is 5.91 Å². The standard InChI is InChI=1S/C16H22N2O4/c1-4-5-11(2)16(21)22-10-15(20)18-14-8-6-13(7-9-14)17-12(3)19/h6-9,11H,4-5,10H2,1-3H3,(H,17,19)(H,18,20). The molecular formula is C16H22N2O4. The first kappa shape index (κ1) is 17.7. The van der Waals surface area contributed by atoms with Gasteiger partial charge in [0.15, 0.2) is 6.61 Å². The molecular weight excluding hydrogens is 284 g/mol. The van der Waals surface area contributed by atoms with Gasteiger partial charge in [-0.05, 0) is 30.7 Å². The zero-order chi connectivity index (χ0) is 16.5. The second kappa shape index (κ2) is 8.81. The molecule has 0 aliphatic rings. The highest BCUT2D eigenvalue weighted by Crippen LogP contribution is 2.13. The topological polar surface area (TPSA) is 84.5 Å². The van der Waals surface area contributed by atoms with Crippen LogP contribution in [0.15, 0.2) is 24.3 Å². The van der Waals surface area contributed by atoms with Crippen molar-refractivity contribution in [1.82, 2.24) is 0 Å². The zero-order valence-electron chi connectivity index (χ0n) is 13.1. The minimum Gasteiger partial charge on any atom is -0.455 e. The highest BCUT2D eigenvalue weighted by molar-refractivity contribution is 5.93. The van der Waals surface area contributed by atoms with Crippen molar-refractivity contribution in [1.29, 1.82) is 0 Å². The van der Waals surface area contributed by atoms with Crippen molar-refractivity contribution < 1.29 is 19.1 Å². The van der Waals surface area contributed by atoms with E-state index in [1.165, 1.54) is 6.92 Å². The van der Waals surface area contributed by atoms with Crippen molar-refractivity contribution in [3.63, 3.8) is 0 Å². The normalized spacial score (nSPS) is 11.4. The Hall–Kier alpha value is -2.37. The average molecular weight is 306 g/mol. The lowest BCUT2D eigenvalue weighted by atomic mass is 10.1. The van der Waals surface area contributed by atoms with Crippen molar-refractivity contribution in [3.8, 4) is 0 Å². The number of rotatable bonds is 7. The summed E-state index contributed by atoms with van der Waals surface area (Å²) >= 11 is 0. The zero-order valence-corrected chi connectivity index (χ0v) is 13.1. The van der Waals surface area contributed by atoms with E-state index in [9.17, 15) is 14.4 Å². The number of ether oxygens (including phenoxy) is 1. The molecule has 1 aromatic rings. The molecule has 2 amide bonds. The number of benzene rings is 1. The summed E-state index contributed by atoms with van der Waals surface area (Å²) < 4.78 is 4.96. The van der Waals surface area contributed by atoms with Gasteiger partial charge in [-0.25, -0.2) is 0 Å². The third kappa shape index (κ3) is 6.39. The molecule has 6 heteroatoms. The Morgan fingerprint density at radius 3 is 2.14 bits per heavy atom. The lowest BCUT2D eigenvalue weighted by Crippen LogP contribution is -2.23. The molecule has 0 saturated carbocycles. The number of anilines is 2. The number of nitrogens with one attached hydrogen (secondary N) is 2. The summed E-state index contributed by atoms with van der Waals surface area (Å²) in [7, 11) is 0. The van der Waals surface area contributed by atoms with Crippen LogP contribution in [-0.4, -0.2) is 24.4 Å². The van der Waals surface area contributed by atoms with E-state index in [0.717, 1.165) is 12.8 Å². The van der Waals surface area contributed by atoms with Crippen LogP contribution in [0, 0.1) is 5.92 Å². The first-order valence-electron chi connectivity index (χ1n) is 7.26. The highest BCUT2D eigenvalue weighted by atomic mass is 16.5. The molecule has 1 rings (SSSR count). The summed E-state index contributed by atoms with van der Waals surface area (Å²) in [4.78, 5) is 34.2. The smallest absolute Gasteiger partial charge is 0.309 e. The number of carbonyl (C=O) groups excluding carboxylic acids is 3. The first-order valence-corrected chi connectivity index (χ1v) is 7.26. The molecule has 22 heavy (non-hydrogen) atoms. The van der Waals surface area contributed by atoms with Crippen molar-refractivity contribution >= 4 is 29.2 Å². The van der Waals surface area contributed by atoms with E-state index in [-0.39, 0.29) is 24.4 Å². The van der Waals surface area contributed by atoms with Gasteiger partial charge in [-0.1, -0.05) is 20.3 Å². The van der Waals surface area contributed by atoms with Crippen LogP contribution in [0.3, 0.4) is 0 Å².